The molecule has 0 fully saturated rings. The number of nitrogens with zero attached hydrogens (tertiary/aromatic N) is 2. The molecule has 9 heteroatoms. The molecule has 0 bridgehead atoms. The molecule has 0 aliphatic heterocycles. The van der Waals surface area contributed by atoms with Crippen LogP contribution in [0.2, 0.25) is 0 Å². The van der Waals surface area contributed by atoms with Crippen molar-refractivity contribution in [1.82, 2.24) is 9.80 Å². The average molecular weight is 1020 g/mol. The predicted octanol–water partition coefficient (Wildman–Crippen LogP) is 17.1. The van der Waals surface area contributed by atoms with E-state index in [0.717, 1.165) is 51.6 Å². The Labute approximate surface area is 447 Å². The highest BCUT2D eigenvalue weighted by Gasteiger charge is 2.20. The first-order chi connectivity index (χ1) is 35.3. The minimum Gasteiger partial charge on any atom is -0.465 e. The second kappa shape index (κ2) is 55.5. The zero-order valence-corrected chi connectivity index (χ0v) is 48.8. The molecule has 2 N–H and O–H groups in total. The third-order valence-electron chi connectivity index (χ3n) is 15.3. The van der Waals surface area contributed by atoms with Crippen molar-refractivity contribution < 1.29 is 34.1 Å². The van der Waals surface area contributed by atoms with Gasteiger partial charge in [0.1, 0.15) is 0 Å². The molecule has 0 rings (SSSR count). The van der Waals surface area contributed by atoms with Gasteiger partial charge in [0, 0.05) is 51.6 Å². The van der Waals surface area contributed by atoms with Crippen molar-refractivity contribution in [3.8, 4) is 0 Å². The van der Waals surface area contributed by atoms with Crippen LogP contribution in [-0.4, -0.2) is 96.5 Å². The lowest BCUT2D eigenvalue weighted by molar-refractivity contribution is -0.146. The highest BCUT2D eigenvalue weighted by atomic mass is 16.5. The lowest BCUT2D eigenvalue weighted by atomic mass is 9.96. The molecule has 72 heavy (non-hydrogen) atoms. The minimum absolute atomic E-state index is 0.00592. The van der Waals surface area contributed by atoms with E-state index in [4.69, 9.17) is 9.47 Å². The van der Waals surface area contributed by atoms with Crippen LogP contribution in [0.1, 0.15) is 317 Å². The molecular formula is C63H124N2O7. The van der Waals surface area contributed by atoms with Crippen molar-refractivity contribution in [2.45, 2.75) is 323 Å². The number of hydrogen-bond donors (Lipinski definition) is 2. The lowest BCUT2D eigenvalue weighted by Crippen LogP contribution is -2.37. The molecule has 0 spiro atoms. The molecule has 0 saturated heterocycles. The second-order valence-electron chi connectivity index (χ2n) is 22.2. The van der Waals surface area contributed by atoms with Gasteiger partial charge < -0.3 is 29.5 Å². The molecule has 1 amide bonds. The summed E-state index contributed by atoms with van der Waals surface area (Å²) >= 11 is 0. The van der Waals surface area contributed by atoms with Gasteiger partial charge in [0.15, 0.2) is 0 Å². The fourth-order valence-electron chi connectivity index (χ4n) is 10.5. The normalized spacial score (nSPS) is 12.9. The van der Waals surface area contributed by atoms with Gasteiger partial charge in [-0.05, 0) is 108 Å². The van der Waals surface area contributed by atoms with Crippen molar-refractivity contribution in [1.29, 1.82) is 0 Å². The summed E-state index contributed by atoms with van der Waals surface area (Å²) in [5.74, 6) is 1.17. The quantitative estimate of drug-likeness (QED) is 0.0457. The van der Waals surface area contributed by atoms with Crippen molar-refractivity contribution in [3.63, 3.8) is 0 Å². The molecule has 428 valence electrons. The smallest absolute Gasteiger partial charge is 0.305 e. The van der Waals surface area contributed by atoms with E-state index in [0.29, 0.717) is 76.3 Å². The number of esters is 2. The zero-order valence-electron chi connectivity index (χ0n) is 48.8. The standard InChI is InChI=1S/C63H124N2O7/c1-6-11-16-19-24-29-37-50-64(51-38-36-47-61(68)65(52-39-54-66)53-40-55-67)60(45-32-25-20-22-27-34-48-62(69)71-56-58(41-14-9-4)43-30-17-12-7-2)46-33-26-21-23-28-35-49-63(70)72-57-59(42-15-10-5)44-31-18-13-8-3/h58-60,66-67H,6-57H2,1-5H3. The van der Waals surface area contributed by atoms with Gasteiger partial charge in [0.25, 0.3) is 0 Å². The van der Waals surface area contributed by atoms with Crippen LogP contribution in [0.15, 0.2) is 0 Å². The first kappa shape index (κ1) is 70.3. The molecular weight excluding hydrogens is 897 g/mol. The van der Waals surface area contributed by atoms with Crippen LogP contribution in [0.3, 0.4) is 0 Å². The van der Waals surface area contributed by atoms with Gasteiger partial charge in [-0.15, -0.1) is 0 Å². The van der Waals surface area contributed by atoms with Crippen molar-refractivity contribution in [2.75, 3.05) is 52.6 Å². The van der Waals surface area contributed by atoms with E-state index in [-0.39, 0.29) is 31.1 Å². The summed E-state index contributed by atoms with van der Waals surface area (Å²) in [6.07, 6.45) is 49.7. The number of amides is 1. The Balaban J connectivity index is 5.32. The van der Waals surface area contributed by atoms with Gasteiger partial charge in [-0.3, -0.25) is 14.4 Å². The molecule has 0 aromatic carbocycles. The van der Waals surface area contributed by atoms with Crippen LogP contribution in [-0.2, 0) is 23.9 Å². The number of carbonyl (C=O) groups excluding carboxylic acids is 3. The summed E-state index contributed by atoms with van der Waals surface area (Å²) in [4.78, 5) is 43.2. The second-order valence-corrected chi connectivity index (χ2v) is 22.2. The number of aliphatic hydroxyl groups excluding tert-OH is 2. The Morgan fingerprint density at radius 2 is 0.667 bits per heavy atom. The Morgan fingerprint density at radius 3 is 1.08 bits per heavy atom. The van der Waals surface area contributed by atoms with Crippen LogP contribution in [0.4, 0.5) is 0 Å². The molecule has 0 heterocycles. The van der Waals surface area contributed by atoms with Crippen LogP contribution in [0, 0.1) is 11.8 Å². The van der Waals surface area contributed by atoms with E-state index in [2.05, 4.69) is 39.5 Å². The molecule has 0 radical (unpaired) electrons. The molecule has 0 aromatic rings. The van der Waals surface area contributed by atoms with Crippen LogP contribution >= 0.6 is 0 Å². The average Bonchev–Trinajstić information content (AvgIpc) is 3.38. The SMILES string of the molecule is CCCCCCCCCN(CCCCC(=O)N(CCCO)CCCO)C(CCCCCCCCC(=O)OCC(CCCC)CCCCCC)CCCCCCCCC(=O)OCC(CCCC)CCCCCC. The Bertz CT molecular complexity index is 1090. The van der Waals surface area contributed by atoms with E-state index in [1.54, 1.807) is 0 Å². The molecule has 0 aliphatic carbocycles. The fourth-order valence-corrected chi connectivity index (χ4v) is 10.5. The first-order valence-electron chi connectivity index (χ1n) is 31.8. The summed E-state index contributed by atoms with van der Waals surface area (Å²) in [6.45, 7) is 15.9. The molecule has 2 unspecified atom stereocenters. The maximum atomic E-state index is 13.2. The molecule has 2 atom stereocenters. The monoisotopic (exact) mass is 1020 g/mol. The van der Waals surface area contributed by atoms with Crippen LogP contribution in [0.5, 0.6) is 0 Å². The fraction of sp³-hybridized carbons (Fsp3) is 0.952. The van der Waals surface area contributed by atoms with E-state index in [9.17, 15) is 24.6 Å². The number of ether oxygens (including phenoxy) is 2. The highest BCUT2D eigenvalue weighted by molar-refractivity contribution is 5.76. The first-order valence-corrected chi connectivity index (χ1v) is 31.8. The van der Waals surface area contributed by atoms with Gasteiger partial charge in [0.2, 0.25) is 5.91 Å². The number of carbonyl (C=O) groups is 3. The largest absolute Gasteiger partial charge is 0.465 e. The Morgan fingerprint density at radius 1 is 0.347 bits per heavy atom. The summed E-state index contributed by atoms with van der Waals surface area (Å²) in [5, 5.41) is 18.8. The number of aliphatic hydroxyl groups is 2. The van der Waals surface area contributed by atoms with E-state index < -0.39 is 0 Å². The molecule has 9 nitrogen and oxygen atoms in total. The van der Waals surface area contributed by atoms with Crippen LogP contribution in [0.25, 0.3) is 0 Å². The Kier molecular flexibility index (Phi) is 54.2. The summed E-state index contributed by atoms with van der Waals surface area (Å²) in [5.41, 5.74) is 0. The molecule has 0 aliphatic rings. The maximum absolute atomic E-state index is 13.2. The predicted molar refractivity (Wildman–Crippen MR) is 307 cm³/mol. The zero-order chi connectivity index (χ0) is 52.8. The number of unbranched alkanes of at least 4 members (excludes halogenated alkanes) is 25. The molecule has 0 saturated carbocycles. The van der Waals surface area contributed by atoms with E-state index >= 15 is 0 Å². The van der Waals surface area contributed by atoms with Gasteiger partial charge in [0.05, 0.1) is 13.2 Å². The summed E-state index contributed by atoms with van der Waals surface area (Å²) in [7, 11) is 0. The van der Waals surface area contributed by atoms with Gasteiger partial charge in [-0.1, -0.05) is 214 Å². The lowest BCUT2D eigenvalue weighted by Gasteiger charge is -2.32. The Hall–Kier alpha value is -1.71. The van der Waals surface area contributed by atoms with Crippen molar-refractivity contribution in [2.24, 2.45) is 11.8 Å². The maximum Gasteiger partial charge on any atom is 0.305 e. The number of hydrogen-bond acceptors (Lipinski definition) is 8. The minimum atomic E-state index is -0.00592. The third-order valence-corrected chi connectivity index (χ3v) is 15.3. The van der Waals surface area contributed by atoms with E-state index in [1.807, 2.05) is 4.90 Å². The topological polar surface area (TPSA) is 117 Å². The third kappa shape index (κ3) is 45.7. The summed E-state index contributed by atoms with van der Waals surface area (Å²) < 4.78 is 11.6. The van der Waals surface area contributed by atoms with Crippen LogP contribution < -0.4 is 0 Å². The van der Waals surface area contributed by atoms with Gasteiger partial charge >= 0.3 is 11.9 Å². The van der Waals surface area contributed by atoms with Crippen molar-refractivity contribution >= 4 is 17.8 Å². The van der Waals surface area contributed by atoms with E-state index in [1.165, 1.54) is 212 Å². The van der Waals surface area contributed by atoms with Gasteiger partial charge in [-0.25, -0.2) is 0 Å². The van der Waals surface area contributed by atoms with Crippen molar-refractivity contribution in [3.05, 3.63) is 0 Å². The highest BCUT2D eigenvalue weighted by Crippen LogP contribution is 2.23. The molecule has 0 aromatic heterocycles. The van der Waals surface area contributed by atoms with Gasteiger partial charge in [-0.2, -0.15) is 0 Å². The number of rotatable bonds is 58. The summed E-state index contributed by atoms with van der Waals surface area (Å²) in [6, 6.07) is 0.552.